The molecule has 0 saturated carbocycles. The van der Waals surface area contributed by atoms with Gasteiger partial charge in [0.2, 0.25) is 5.89 Å². The lowest BCUT2D eigenvalue weighted by atomic mass is 10.2. The van der Waals surface area contributed by atoms with E-state index in [2.05, 4.69) is 27.5 Å². The highest BCUT2D eigenvalue weighted by Gasteiger charge is 2.06. The summed E-state index contributed by atoms with van der Waals surface area (Å²) in [6, 6.07) is 19.8. The second-order valence-corrected chi connectivity index (χ2v) is 6.50. The maximum Gasteiger partial charge on any atom is 0.226 e. The molecular formula is C23H29IN4O2. The minimum atomic E-state index is 0. The summed E-state index contributed by atoms with van der Waals surface area (Å²) in [6.45, 7) is 4.85. The summed E-state index contributed by atoms with van der Waals surface area (Å²) in [5, 5.41) is 6.61. The number of nitrogens with one attached hydrogen (secondary N) is 2. The van der Waals surface area contributed by atoms with Crippen molar-refractivity contribution in [2.24, 2.45) is 4.99 Å². The van der Waals surface area contributed by atoms with Gasteiger partial charge in [-0.05, 0) is 44.0 Å². The van der Waals surface area contributed by atoms with Crippen LogP contribution >= 0.6 is 24.0 Å². The van der Waals surface area contributed by atoms with Gasteiger partial charge in [0.05, 0.1) is 13.2 Å². The Kier molecular flexibility index (Phi) is 10.8. The third kappa shape index (κ3) is 8.06. The first-order valence-corrected chi connectivity index (χ1v) is 10.0. The van der Waals surface area contributed by atoms with Crippen LogP contribution < -0.4 is 15.4 Å². The predicted molar refractivity (Wildman–Crippen MR) is 131 cm³/mol. The normalized spacial score (nSPS) is 10.9. The smallest absolute Gasteiger partial charge is 0.226 e. The minimum Gasteiger partial charge on any atom is -0.494 e. The highest BCUT2D eigenvalue weighted by Crippen LogP contribution is 2.18. The molecule has 7 heteroatoms. The number of guanidine groups is 1. The van der Waals surface area contributed by atoms with Crippen molar-refractivity contribution in [1.29, 1.82) is 0 Å². The van der Waals surface area contributed by atoms with E-state index in [9.17, 15) is 0 Å². The number of aromatic nitrogens is 1. The van der Waals surface area contributed by atoms with Gasteiger partial charge in [0, 0.05) is 18.7 Å². The molecule has 0 radical (unpaired) electrons. The third-order valence-electron chi connectivity index (χ3n) is 4.19. The number of aliphatic imine (C=N–C) groups is 1. The van der Waals surface area contributed by atoms with Crippen LogP contribution in [0.1, 0.15) is 25.5 Å². The fraction of sp³-hybridized carbons (Fsp3) is 0.304. The van der Waals surface area contributed by atoms with Crippen LogP contribution in [0.15, 0.2) is 76.3 Å². The number of hydrogen-bond donors (Lipinski definition) is 2. The first-order valence-electron chi connectivity index (χ1n) is 10.0. The van der Waals surface area contributed by atoms with Gasteiger partial charge in [0.1, 0.15) is 17.7 Å². The molecule has 0 spiro atoms. The van der Waals surface area contributed by atoms with Crippen molar-refractivity contribution >= 4 is 29.9 Å². The summed E-state index contributed by atoms with van der Waals surface area (Å²) >= 11 is 0. The lowest BCUT2D eigenvalue weighted by Gasteiger charge is -2.11. The van der Waals surface area contributed by atoms with Crippen LogP contribution in [0.4, 0.5) is 0 Å². The zero-order valence-corrected chi connectivity index (χ0v) is 19.5. The van der Waals surface area contributed by atoms with Gasteiger partial charge in [-0.2, -0.15) is 0 Å². The molecule has 3 aromatic rings. The van der Waals surface area contributed by atoms with E-state index in [1.807, 2.05) is 60.7 Å². The predicted octanol–water partition coefficient (Wildman–Crippen LogP) is 4.87. The minimum absolute atomic E-state index is 0. The molecule has 160 valence electrons. The quantitative estimate of drug-likeness (QED) is 0.173. The summed E-state index contributed by atoms with van der Waals surface area (Å²) in [6.07, 6.45) is 3.64. The van der Waals surface area contributed by atoms with Crippen molar-refractivity contribution in [2.75, 3.05) is 19.7 Å². The molecule has 0 saturated heterocycles. The number of hydrogen-bond acceptors (Lipinski definition) is 4. The van der Waals surface area contributed by atoms with Crippen LogP contribution in [-0.2, 0) is 6.54 Å². The van der Waals surface area contributed by atoms with E-state index in [1.54, 1.807) is 6.26 Å². The molecule has 2 N–H and O–H groups in total. The number of nitrogens with zero attached hydrogens (tertiary/aromatic N) is 2. The summed E-state index contributed by atoms with van der Waals surface area (Å²) in [5.74, 6) is 2.31. The van der Waals surface area contributed by atoms with E-state index in [0.717, 1.165) is 48.9 Å². The number of ether oxygens (including phenoxy) is 1. The van der Waals surface area contributed by atoms with Gasteiger partial charge in [0.25, 0.3) is 0 Å². The second-order valence-electron chi connectivity index (χ2n) is 6.50. The average Bonchev–Trinajstić information content (AvgIpc) is 3.25. The molecule has 0 aliphatic heterocycles. The van der Waals surface area contributed by atoms with Crippen molar-refractivity contribution in [1.82, 2.24) is 15.6 Å². The van der Waals surface area contributed by atoms with E-state index in [-0.39, 0.29) is 24.0 Å². The Morgan fingerprint density at radius 3 is 2.47 bits per heavy atom. The van der Waals surface area contributed by atoms with E-state index in [1.165, 1.54) is 0 Å². The van der Waals surface area contributed by atoms with E-state index in [0.29, 0.717) is 19.0 Å². The summed E-state index contributed by atoms with van der Waals surface area (Å²) < 4.78 is 11.3. The molecule has 0 amide bonds. The number of para-hydroxylation sites is 1. The number of benzene rings is 2. The SMILES string of the molecule is CCNC(=NCc1coc(-c2ccccc2)n1)NCCCCOc1ccccc1.I. The summed E-state index contributed by atoms with van der Waals surface area (Å²) in [5.41, 5.74) is 1.77. The Bertz CT molecular complexity index is 869. The Morgan fingerprint density at radius 2 is 1.73 bits per heavy atom. The highest BCUT2D eigenvalue weighted by atomic mass is 127. The number of halogens is 1. The first kappa shape index (κ1) is 23.7. The fourth-order valence-corrected chi connectivity index (χ4v) is 2.74. The highest BCUT2D eigenvalue weighted by molar-refractivity contribution is 14.0. The van der Waals surface area contributed by atoms with Gasteiger partial charge in [-0.15, -0.1) is 24.0 Å². The fourth-order valence-electron chi connectivity index (χ4n) is 2.74. The Morgan fingerprint density at radius 1 is 1.00 bits per heavy atom. The topological polar surface area (TPSA) is 71.7 Å². The van der Waals surface area contributed by atoms with Crippen molar-refractivity contribution in [3.63, 3.8) is 0 Å². The zero-order valence-electron chi connectivity index (χ0n) is 17.2. The van der Waals surface area contributed by atoms with Crippen molar-refractivity contribution < 1.29 is 9.15 Å². The zero-order chi connectivity index (χ0) is 20.2. The van der Waals surface area contributed by atoms with Crippen molar-refractivity contribution in [3.8, 4) is 17.2 Å². The van der Waals surface area contributed by atoms with Crippen molar-refractivity contribution in [3.05, 3.63) is 72.6 Å². The maximum atomic E-state index is 5.71. The van der Waals surface area contributed by atoms with Gasteiger partial charge in [-0.25, -0.2) is 9.98 Å². The first-order chi connectivity index (χ1) is 14.3. The van der Waals surface area contributed by atoms with Gasteiger partial charge in [0.15, 0.2) is 5.96 Å². The standard InChI is InChI=1S/C23H28N4O2.HI/c1-2-24-23(25-15-9-10-16-28-21-13-7-4-8-14-21)26-17-20-18-29-22(27-20)19-11-5-3-6-12-19;/h3-8,11-14,18H,2,9-10,15-17H2,1H3,(H2,24,25,26);1H. The molecule has 0 bridgehead atoms. The van der Waals surface area contributed by atoms with Gasteiger partial charge >= 0.3 is 0 Å². The van der Waals surface area contributed by atoms with Crippen LogP contribution in [0.2, 0.25) is 0 Å². The Balaban J connectivity index is 0.00000320. The van der Waals surface area contributed by atoms with Crippen LogP contribution in [0, 0.1) is 0 Å². The third-order valence-corrected chi connectivity index (χ3v) is 4.19. The molecule has 3 rings (SSSR count). The Hall–Kier alpha value is -2.55. The molecule has 30 heavy (non-hydrogen) atoms. The molecule has 6 nitrogen and oxygen atoms in total. The lowest BCUT2D eigenvalue weighted by Crippen LogP contribution is -2.37. The second kappa shape index (κ2) is 13.6. The van der Waals surface area contributed by atoms with E-state index in [4.69, 9.17) is 9.15 Å². The largest absolute Gasteiger partial charge is 0.494 e. The number of rotatable bonds is 10. The van der Waals surface area contributed by atoms with Crippen LogP contribution in [-0.4, -0.2) is 30.6 Å². The maximum absolute atomic E-state index is 5.71. The number of unbranched alkanes of at least 4 members (excludes halogenated alkanes) is 1. The molecule has 2 aromatic carbocycles. The summed E-state index contributed by atoms with van der Waals surface area (Å²) in [7, 11) is 0. The summed E-state index contributed by atoms with van der Waals surface area (Å²) in [4.78, 5) is 9.11. The van der Waals surface area contributed by atoms with Crippen LogP contribution in [0.25, 0.3) is 11.5 Å². The lowest BCUT2D eigenvalue weighted by molar-refractivity contribution is 0.307. The monoisotopic (exact) mass is 520 g/mol. The van der Waals surface area contributed by atoms with Crippen molar-refractivity contribution in [2.45, 2.75) is 26.3 Å². The van der Waals surface area contributed by atoms with Gasteiger partial charge in [-0.3, -0.25) is 0 Å². The van der Waals surface area contributed by atoms with E-state index < -0.39 is 0 Å². The Labute approximate surface area is 195 Å². The molecule has 0 atom stereocenters. The van der Waals surface area contributed by atoms with E-state index >= 15 is 0 Å². The van der Waals surface area contributed by atoms with Crippen LogP contribution in [0.5, 0.6) is 5.75 Å². The average molecular weight is 520 g/mol. The molecule has 0 aliphatic carbocycles. The molecule has 0 aliphatic rings. The molecule has 1 heterocycles. The molecule has 0 fully saturated rings. The molecule has 1 aromatic heterocycles. The molecular weight excluding hydrogens is 491 g/mol. The molecule has 0 unspecified atom stereocenters. The number of oxazole rings is 1. The van der Waals surface area contributed by atoms with Gasteiger partial charge in [-0.1, -0.05) is 36.4 Å². The van der Waals surface area contributed by atoms with Crippen LogP contribution in [0.3, 0.4) is 0 Å². The van der Waals surface area contributed by atoms with Gasteiger partial charge < -0.3 is 19.8 Å².